The van der Waals surface area contributed by atoms with Gasteiger partial charge in [-0.25, -0.2) is 4.98 Å². The maximum absolute atomic E-state index is 6.37. The summed E-state index contributed by atoms with van der Waals surface area (Å²) in [6, 6.07) is 0.267. The predicted molar refractivity (Wildman–Crippen MR) is 68.5 cm³/mol. The lowest BCUT2D eigenvalue weighted by molar-refractivity contribution is 0.208. The molecule has 1 aliphatic rings. The Labute approximate surface area is 102 Å². The summed E-state index contributed by atoms with van der Waals surface area (Å²) in [4.78, 5) is 4.36. The molecule has 0 aromatic carbocycles. The van der Waals surface area contributed by atoms with E-state index in [0.29, 0.717) is 5.25 Å². The Kier molecular flexibility index (Phi) is 3.31. The molecule has 1 aromatic rings. The molecule has 2 rings (SSSR count). The molecule has 0 aliphatic heterocycles. The molecule has 0 bridgehead atoms. The van der Waals surface area contributed by atoms with Crippen LogP contribution in [0.15, 0.2) is 17.6 Å². The summed E-state index contributed by atoms with van der Waals surface area (Å²) < 4.78 is 2.07. The third-order valence-corrected chi connectivity index (χ3v) is 5.08. The smallest absolute Gasteiger partial charge is 0.167 e. The zero-order valence-electron chi connectivity index (χ0n) is 10.3. The van der Waals surface area contributed by atoms with E-state index in [1.54, 1.807) is 0 Å². The largest absolute Gasteiger partial charge is 0.329 e. The molecule has 2 atom stereocenters. The molecule has 0 spiro atoms. The third-order valence-electron chi connectivity index (χ3n) is 3.65. The Morgan fingerprint density at radius 1 is 1.56 bits per heavy atom. The van der Waals surface area contributed by atoms with Gasteiger partial charge in [0.05, 0.1) is 0 Å². The van der Waals surface area contributed by atoms with E-state index < -0.39 is 0 Å². The van der Waals surface area contributed by atoms with Crippen LogP contribution < -0.4 is 5.73 Å². The molecule has 3 nitrogen and oxygen atoms in total. The second-order valence-corrected chi connectivity index (χ2v) is 6.59. The highest BCUT2D eigenvalue weighted by atomic mass is 32.2. The van der Waals surface area contributed by atoms with Crippen LogP contribution in [0.25, 0.3) is 0 Å². The molecule has 4 heteroatoms. The summed E-state index contributed by atoms with van der Waals surface area (Å²) in [5.74, 6) is 0. The van der Waals surface area contributed by atoms with Crippen molar-refractivity contribution in [3.05, 3.63) is 12.4 Å². The number of hydrogen-bond acceptors (Lipinski definition) is 3. The number of nitrogens with zero attached hydrogens (tertiary/aromatic N) is 2. The summed E-state index contributed by atoms with van der Waals surface area (Å²) in [5.41, 5.74) is 6.63. The Balaban J connectivity index is 2.08. The fraction of sp³-hybridized carbons (Fsp3) is 0.750. The van der Waals surface area contributed by atoms with Crippen LogP contribution in [0.1, 0.15) is 33.1 Å². The molecule has 1 saturated carbocycles. The first kappa shape index (κ1) is 12.0. The van der Waals surface area contributed by atoms with Gasteiger partial charge < -0.3 is 10.3 Å². The maximum atomic E-state index is 6.37. The van der Waals surface area contributed by atoms with E-state index in [-0.39, 0.29) is 11.5 Å². The molecule has 90 valence electrons. The van der Waals surface area contributed by atoms with E-state index in [4.69, 9.17) is 5.73 Å². The summed E-state index contributed by atoms with van der Waals surface area (Å²) in [5, 5.41) is 1.59. The molecule has 0 saturated heterocycles. The van der Waals surface area contributed by atoms with Gasteiger partial charge in [-0.3, -0.25) is 0 Å². The standard InChI is InChI=1S/C12H21N3S/c1-12(2)6-4-5-9(10(12)13)16-11-14-7-8-15(11)3/h7-10H,4-6,13H2,1-3H3. The van der Waals surface area contributed by atoms with Crippen molar-refractivity contribution in [2.24, 2.45) is 18.2 Å². The molecule has 1 heterocycles. The average molecular weight is 239 g/mol. The van der Waals surface area contributed by atoms with Gasteiger partial charge in [0.2, 0.25) is 0 Å². The SMILES string of the molecule is Cn1ccnc1SC1CCCC(C)(C)C1N. The normalized spacial score (nSPS) is 29.2. The van der Waals surface area contributed by atoms with Gasteiger partial charge in [0, 0.05) is 30.7 Å². The van der Waals surface area contributed by atoms with Crippen LogP contribution >= 0.6 is 11.8 Å². The predicted octanol–water partition coefficient (Wildman–Crippen LogP) is 2.42. The van der Waals surface area contributed by atoms with E-state index >= 15 is 0 Å². The molecule has 0 radical (unpaired) electrons. The second kappa shape index (κ2) is 4.41. The van der Waals surface area contributed by atoms with E-state index in [1.807, 2.05) is 31.2 Å². The molecule has 2 unspecified atom stereocenters. The van der Waals surface area contributed by atoms with Gasteiger partial charge >= 0.3 is 0 Å². The summed E-state index contributed by atoms with van der Waals surface area (Å²) in [6.45, 7) is 4.56. The Hall–Kier alpha value is -0.480. The van der Waals surface area contributed by atoms with Crippen LogP contribution in [0.3, 0.4) is 0 Å². The topological polar surface area (TPSA) is 43.8 Å². The number of nitrogens with two attached hydrogens (primary N) is 1. The Morgan fingerprint density at radius 2 is 2.31 bits per heavy atom. The summed E-state index contributed by atoms with van der Waals surface area (Å²) in [6.07, 6.45) is 7.57. The highest BCUT2D eigenvalue weighted by Crippen LogP contribution is 2.41. The molecular weight excluding hydrogens is 218 g/mol. The first-order valence-electron chi connectivity index (χ1n) is 5.90. The second-order valence-electron chi connectivity index (χ2n) is 5.38. The monoisotopic (exact) mass is 239 g/mol. The lowest BCUT2D eigenvalue weighted by atomic mass is 9.73. The van der Waals surface area contributed by atoms with Crippen LogP contribution in [0.4, 0.5) is 0 Å². The minimum atomic E-state index is 0.265. The van der Waals surface area contributed by atoms with Gasteiger partial charge in [0.1, 0.15) is 0 Å². The minimum absolute atomic E-state index is 0.265. The van der Waals surface area contributed by atoms with E-state index in [2.05, 4.69) is 23.4 Å². The number of imidazole rings is 1. The van der Waals surface area contributed by atoms with Crippen LogP contribution in [-0.4, -0.2) is 20.8 Å². The molecule has 2 N–H and O–H groups in total. The van der Waals surface area contributed by atoms with E-state index in [1.165, 1.54) is 19.3 Å². The summed E-state index contributed by atoms with van der Waals surface area (Å²) >= 11 is 1.84. The molecule has 0 amide bonds. The van der Waals surface area contributed by atoms with Crippen molar-refractivity contribution < 1.29 is 0 Å². The van der Waals surface area contributed by atoms with Crippen molar-refractivity contribution in [2.75, 3.05) is 0 Å². The van der Waals surface area contributed by atoms with Crippen LogP contribution in [-0.2, 0) is 7.05 Å². The van der Waals surface area contributed by atoms with Gasteiger partial charge in [-0.05, 0) is 18.3 Å². The van der Waals surface area contributed by atoms with Crippen molar-refractivity contribution in [3.8, 4) is 0 Å². The highest BCUT2D eigenvalue weighted by molar-refractivity contribution is 7.99. The van der Waals surface area contributed by atoms with Gasteiger partial charge in [-0.1, -0.05) is 32.0 Å². The average Bonchev–Trinajstić information content (AvgIpc) is 2.60. The fourth-order valence-corrected chi connectivity index (χ4v) is 3.76. The molecular formula is C12H21N3S. The number of rotatable bonds is 2. The Bertz CT molecular complexity index is 359. The number of aryl methyl sites for hydroxylation is 1. The van der Waals surface area contributed by atoms with Gasteiger partial charge in [-0.2, -0.15) is 0 Å². The first-order chi connectivity index (χ1) is 7.50. The van der Waals surface area contributed by atoms with Crippen molar-refractivity contribution in [1.29, 1.82) is 0 Å². The van der Waals surface area contributed by atoms with Crippen LogP contribution in [0.5, 0.6) is 0 Å². The van der Waals surface area contributed by atoms with E-state index in [9.17, 15) is 0 Å². The molecule has 16 heavy (non-hydrogen) atoms. The van der Waals surface area contributed by atoms with Crippen LogP contribution in [0, 0.1) is 5.41 Å². The lowest BCUT2D eigenvalue weighted by Crippen LogP contribution is -2.48. The summed E-state index contributed by atoms with van der Waals surface area (Å²) in [7, 11) is 2.04. The number of aromatic nitrogens is 2. The zero-order valence-corrected chi connectivity index (χ0v) is 11.1. The molecule has 1 aliphatic carbocycles. The quantitative estimate of drug-likeness (QED) is 0.862. The molecule has 1 fully saturated rings. The van der Waals surface area contributed by atoms with Crippen molar-refractivity contribution in [2.45, 2.75) is 49.6 Å². The van der Waals surface area contributed by atoms with Crippen molar-refractivity contribution in [3.63, 3.8) is 0 Å². The zero-order chi connectivity index (χ0) is 11.8. The Morgan fingerprint density at radius 3 is 2.94 bits per heavy atom. The lowest BCUT2D eigenvalue weighted by Gasteiger charge is -2.41. The minimum Gasteiger partial charge on any atom is -0.329 e. The molecule has 1 aromatic heterocycles. The van der Waals surface area contributed by atoms with Gasteiger partial charge in [-0.15, -0.1) is 0 Å². The fourth-order valence-electron chi connectivity index (χ4n) is 2.34. The number of hydrogen-bond donors (Lipinski definition) is 1. The van der Waals surface area contributed by atoms with Gasteiger partial charge in [0.15, 0.2) is 5.16 Å². The highest BCUT2D eigenvalue weighted by Gasteiger charge is 2.37. The van der Waals surface area contributed by atoms with Crippen molar-refractivity contribution in [1.82, 2.24) is 9.55 Å². The van der Waals surface area contributed by atoms with Crippen molar-refractivity contribution >= 4 is 11.8 Å². The first-order valence-corrected chi connectivity index (χ1v) is 6.78. The van der Waals surface area contributed by atoms with Gasteiger partial charge in [0.25, 0.3) is 0 Å². The maximum Gasteiger partial charge on any atom is 0.167 e. The third kappa shape index (κ3) is 2.28. The van der Waals surface area contributed by atoms with Crippen LogP contribution in [0.2, 0.25) is 0 Å². The number of thioether (sulfide) groups is 1. The van der Waals surface area contributed by atoms with E-state index in [0.717, 1.165) is 5.16 Å².